The van der Waals surface area contributed by atoms with Gasteiger partial charge >= 0.3 is 0 Å². The molecule has 2 nitrogen and oxygen atoms in total. The summed E-state index contributed by atoms with van der Waals surface area (Å²) in [5.74, 6) is 1.05. The third kappa shape index (κ3) is 2.86. The molecule has 0 saturated heterocycles. The maximum atomic E-state index is 5.99. The average Bonchev–Trinajstić information content (AvgIpc) is 2.87. The zero-order valence-corrected chi connectivity index (χ0v) is 12.1. The van der Waals surface area contributed by atoms with Crippen molar-refractivity contribution >= 4 is 0 Å². The van der Waals surface area contributed by atoms with Crippen molar-refractivity contribution in [2.24, 2.45) is 0 Å². The molecule has 1 unspecified atom stereocenters. The summed E-state index contributed by atoms with van der Waals surface area (Å²) in [6.07, 6.45) is 1.25. The first kappa shape index (κ1) is 13.2. The van der Waals surface area contributed by atoms with Gasteiger partial charge in [0.25, 0.3) is 0 Å². The SMILES string of the molecule is Cc1ccc2c(c1)CC(CN[C@@H](C)c1ccccc1)O2. The van der Waals surface area contributed by atoms with E-state index >= 15 is 0 Å². The van der Waals surface area contributed by atoms with E-state index in [0.717, 1.165) is 18.7 Å². The third-order valence-corrected chi connectivity index (χ3v) is 3.91. The predicted molar refractivity (Wildman–Crippen MR) is 82.2 cm³/mol. The highest BCUT2D eigenvalue weighted by atomic mass is 16.5. The van der Waals surface area contributed by atoms with Crippen molar-refractivity contribution in [2.75, 3.05) is 6.54 Å². The topological polar surface area (TPSA) is 21.3 Å². The minimum atomic E-state index is 0.248. The fourth-order valence-corrected chi connectivity index (χ4v) is 2.73. The molecule has 0 fully saturated rings. The molecule has 1 N–H and O–H groups in total. The van der Waals surface area contributed by atoms with Crippen LogP contribution in [0.5, 0.6) is 5.75 Å². The molecule has 1 aliphatic heterocycles. The van der Waals surface area contributed by atoms with Crippen LogP contribution in [0.2, 0.25) is 0 Å². The van der Waals surface area contributed by atoms with Crippen molar-refractivity contribution in [1.29, 1.82) is 0 Å². The molecule has 2 atom stereocenters. The summed E-state index contributed by atoms with van der Waals surface area (Å²) >= 11 is 0. The van der Waals surface area contributed by atoms with E-state index in [-0.39, 0.29) is 6.10 Å². The van der Waals surface area contributed by atoms with Gasteiger partial charge < -0.3 is 10.1 Å². The van der Waals surface area contributed by atoms with Gasteiger partial charge in [-0.1, -0.05) is 48.0 Å². The molecule has 104 valence electrons. The van der Waals surface area contributed by atoms with Gasteiger partial charge in [-0.15, -0.1) is 0 Å². The van der Waals surface area contributed by atoms with Crippen molar-refractivity contribution in [2.45, 2.75) is 32.4 Å². The van der Waals surface area contributed by atoms with Crippen LogP contribution in [0.3, 0.4) is 0 Å². The fraction of sp³-hybridized carbons (Fsp3) is 0.333. The summed E-state index contributed by atoms with van der Waals surface area (Å²) in [4.78, 5) is 0. The first-order chi connectivity index (χ1) is 9.72. The number of hydrogen-bond acceptors (Lipinski definition) is 2. The van der Waals surface area contributed by atoms with Gasteiger partial charge in [-0.3, -0.25) is 0 Å². The molecule has 20 heavy (non-hydrogen) atoms. The zero-order valence-electron chi connectivity index (χ0n) is 12.1. The van der Waals surface area contributed by atoms with Gasteiger partial charge in [0.05, 0.1) is 0 Å². The normalized spacial score (nSPS) is 18.4. The molecule has 0 aliphatic carbocycles. The lowest BCUT2D eigenvalue weighted by molar-refractivity contribution is 0.222. The summed E-state index contributed by atoms with van der Waals surface area (Å²) in [5.41, 5.74) is 3.96. The molecular weight excluding hydrogens is 246 g/mol. The highest BCUT2D eigenvalue weighted by Gasteiger charge is 2.23. The van der Waals surface area contributed by atoms with E-state index in [1.165, 1.54) is 16.7 Å². The minimum absolute atomic E-state index is 0.248. The second-order valence-electron chi connectivity index (χ2n) is 5.60. The molecule has 1 aliphatic rings. The molecule has 3 rings (SSSR count). The third-order valence-electron chi connectivity index (χ3n) is 3.91. The summed E-state index contributed by atoms with van der Waals surface area (Å²) in [5, 5.41) is 3.57. The van der Waals surface area contributed by atoms with Gasteiger partial charge in [0.15, 0.2) is 0 Å². The summed E-state index contributed by atoms with van der Waals surface area (Å²) < 4.78 is 5.99. The molecule has 0 radical (unpaired) electrons. The molecule has 1 heterocycles. The van der Waals surface area contributed by atoms with Crippen molar-refractivity contribution in [1.82, 2.24) is 5.32 Å². The van der Waals surface area contributed by atoms with Crippen LogP contribution in [-0.2, 0) is 6.42 Å². The predicted octanol–water partition coefficient (Wildman–Crippen LogP) is 3.65. The Morgan fingerprint density at radius 2 is 2.00 bits per heavy atom. The van der Waals surface area contributed by atoms with Gasteiger partial charge in [0.2, 0.25) is 0 Å². The number of nitrogens with one attached hydrogen (secondary N) is 1. The largest absolute Gasteiger partial charge is 0.488 e. The smallest absolute Gasteiger partial charge is 0.123 e. The van der Waals surface area contributed by atoms with E-state index in [1.807, 2.05) is 0 Å². The Hall–Kier alpha value is -1.80. The van der Waals surface area contributed by atoms with E-state index < -0.39 is 0 Å². The second kappa shape index (κ2) is 5.68. The Morgan fingerprint density at radius 3 is 2.80 bits per heavy atom. The van der Waals surface area contributed by atoms with Crippen LogP contribution < -0.4 is 10.1 Å². The number of benzene rings is 2. The van der Waals surface area contributed by atoms with Gasteiger partial charge in [0.1, 0.15) is 11.9 Å². The molecular formula is C18H21NO. The Balaban J connectivity index is 1.56. The van der Waals surface area contributed by atoms with Crippen LogP contribution in [-0.4, -0.2) is 12.6 Å². The average molecular weight is 267 g/mol. The van der Waals surface area contributed by atoms with E-state index in [1.54, 1.807) is 0 Å². The Bertz CT molecular complexity index is 579. The molecule has 0 bridgehead atoms. The molecule has 0 aromatic heterocycles. The Labute approximate surface area is 120 Å². The molecule has 2 aromatic carbocycles. The van der Waals surface area contributed by atoms with E-state index in [2.05, 4.69) is 67.7 Å². The Morgan fingerprint density at radius 1 is 1.20 bits per heavy atom. The standard InChI is InChI=1S/C18H21NO/c1-13-8-9-18-16(10-13)11-17(20-18)12-19-14(2)15-6-4-3-5-7-15/h3-10,14,17,19H,11-12H2,1-2H3/t14-,17?/m0/s1. The van der Waals surface area contributed by atoms with Gasteiger partial charge in [-0.05, 0) is 31.0 Å². The number of ether oxygens (including phenoxy) is 1. The summed E-state index contributed by atoms with van der Waals surface area (Å²) in [6, 6.07) is 17.3. The first-order valence-electron chi connectivity index (χ1n) is 7.27. The monoisotopic (exact) mass is 267 g/mol. The number of fused-ring (bicyclic) bond motifs is 1. The van der Waals surface area contributed by atoms with E-state index in [4.69, 9.17) is 4.74 Å². The molecule has 0 amide bonds. The number of aryl methyl sites for hydroxylation is 1. The van der Waals surface area contributed by atoms with Crippen molar-refractivity contribution in [3.63, 3.8) is 0 Å². The molecule has 0 spiro atoms. The number of hydrogen-bond donors (Lipinski definition) is 1. The first-order valence-corrected chi connectivity index (χ1v) is 7.27. The van der Waals surface area contributed by atoms with Crippen LogP contribution in [0.4, 0.5) is 0 Å². The van der Waals surface area contributed by atoms with Gasteiger partial charge in [0, 0.05) is 19.0 Å². The number of rotatable bonds is 4. The van der Waals surface area contributed by atoms with Crippen LogP contribution in [0, 0.1) is 6.92 Å². The summed E-state index contributed by atoms with van der Waals surface area (Å²) in [7, 11) is 0. The molecule has 2 aromatic rings. The van der Waals surface area contributed by atoms with E-state index in [9.17, 15) is 0 Å². The molecule has 2 heteroatoms. The van der Waals surface area contributed by atoms with Crippen molar-refractivity contribution in [3.05, 3.63) is 65.2 Å². The lowest BCUT2D eigenvalue weighted by Crippen LogP contribution is -2.31. The van der Waals surface area contributed by atoms with Crippen molar-refractivity contribution in [3.8, 4) is 5.75 Å². The van der Waals surface area contributed by atoms with Crippen LogP contribution in [0.25, 0.3) is 0 Å². The second-order valence-corrected chi connectivity index (χ2v) is 5.60. The highest BCUT2D eigenvalue weighted by molar-refractivity contribution is 5.40. The quantitative estimate of drug-likeness (QED) is 0.913. The van der Waals surface area contributed by atoms with Crippen LogP contribution in [0.15, 0.2) is 48.5 Å². The lowest BCUT2D eigenvalue weighted by Gasteiger charge is -2.17. The zero-order chi connectivity index (χ0) is 13.9. The highest BCUT2D eigenvalue weighted by Crippen LogP contribution is 2.29. The maximum Gasteiger partial charge on any atom is 0.123 e. The van der Waals surface area contributed by atoms with Gasteiger partial charge in [-0.2, -0.15) is 0 Å². The summed E-state index contributed by atoms with van der Waals surface area (Å²) in [6.45, 7) is 5.20. The van der Waals surface area contributed by atoms with Crippen molar-refractivity contribution < 1.29 is 4.74 Å². The fourth-order valence-electron chi connectivity index (χ4n) is 2.73. The lowest BCUT2D eigenvalue weighted by atomic mass is 10.1. The Kier molecular flexibility index (Phi) is 3.75. The van der Waals surface area contributed by atoms with Crippen LogP contribution >= 0.6 is 0 Å². The molecule has 0 saturated carbocycles. The van der Waals surface area contributed by atoms with E-state index in [0.29, 0.717) is 6.04 Å². The maximum absolute atomic E-state index is 5.99. The van der Waals surface area contributed by atoms with Gasteiger partial charge in [-0.25, -0.2) is 0 Å². The van der Waals surface area contributed by atoms with Crippen LogP contribution in [0.1, 0.15) is 29.7 Å². The minimum Gasteiger partial charge on any atom is -0.488 e.